The lowest BCUT2D eigenvalue weighted by atomic mass is 10.0. The summed E-state index contributed by atoms with van der Waals surface area (Å²) in [5.74, 6) is -1.21. The van der Waals surface area contributed by atoms with Gasteiger partial charge in [-0.15, -0.1) is 0 Å². The highest BCUT2D eigenvalue weighted by atomic mass is 35.5. The van der Waals surface area contributed by atoms with Crippen LogP contribution in [0.15, 0.2) is 65.7 Å². The number of benzene rings is 2. The molecule has 0 saturated heterocycles. The highest BCUT2D eigenvalue weighted by Gasteiger charge is 2.16. The van der Waals surface area contributed by atoms with Crippen molar-refractivity contribution in [1.82, 2.24) is 14.8 Å². The predicted octanol–water partition coefficient (Wildman–Crippen LogP) is 5.79. The van der Waals surface area contributed by atoms with E-state index in [1.54, 1.807) is 37.3 Å². The quantitative estimate of drug-likeness (QED) is 0.313. The molecule has 0 saturated carbocycles. The Kier molecular flexibility index (Phi) is 6.99. The van der Waals surface area contributed by atoms with E-state index in [1.807, 2.05) is 0 Å². The summed E-state index contributed by atoms with van der Waals surface area (Å²) in [4.78, 5) is 29.2. The number of hydrogen-bond acceptors (Lipinski definition) is 5. The smallest absolute Gasteiger partial charge is 0.323 e. The van der Waals surface area contributed by atoms with E-state index >= 15 is 0 Å². The zero-order valence-corrected chi connectivity index (χ0v) is 19.7. The van der Waals surface area contributed by atoms with Crippen LogP contribution < -0.4 is 16.2 Å². The molecule has 0 spiro atoms. The molecule has 3 N–H and O–H groups in total. The van der Waals surface area contributed by atoms with Gasteiger partial charge in [-0.3, -0.25) is 9.78 Å². The molecule has 4 rings (SSSR count). The number of aryl methyl sites for hydroxylation is 1. The van der Waals surface area contributed by atoms with Crippen molar-refractivity contribution in [3.05, 3.63) is 87.1 Å². The van der Waals surface area contributed by atoms with Crippen molar-refractivity contribution < 1.29 is 14.3 Å². The molecule has 0 aliphatic carbocycles. The molecule has 0 bridgehead atoms. The van der Waals surface area contributed by atoms with Crippen LogP contribution in [0.1, 0.15) is 6.92 Å². The van der Waals surface area contributed by atoms with Crippen molar-refractivity contribution in [2.45, 2.75) is 13.5 Å². The molecule has 2 aromatic heterocycles. The Morgan fingerprint density at radius 1 is 1.06 bits per heavy atom. The minimum atomic E-state index is -0.747. The SMILES string of the molecule is CCn1nc(-c2cccc(-c3cccc(O)c3F)c2)cc(NC(=O)Nc2c(Cl)cncc2Cl)c1=O. The van der Waals surface area contributed by atoms with Crippen LogP contribution in [0, 0.1) is 5.82 Å². The van der Waals surface area contributed by atoms with Gasteiger partial charge in [0.1, 0.15) is 5.69 Å². The van der Waals surface area contributed by atoms with E-state index in [0.29, 0.717) is 16.8 Å². The summed E-state index contributed by atoms with van der Waals surface area (Å²) in [5, 5.41) is 19.3. The van der Waals surface area contributed by atoms with E-state index in [4.69, 9.17) is 23.2 Å². The number of nitrogens with zero attached hydrogens (tertiary/aromatic N) is 3. The van der Waals surface area contributed by atoms with Gasteiger partial charge in [-0.2, -0.15) is 5.10 Å². The fourth-order valence-electron chi connectivity index (χ4n) is 3.37. The zero-order valence-electron chi connectivity index (χ0n) is 18.2. The maximum absolute atomic E-state index is 14.4. The number of urea groups is 1. The fourth-order valence-corrected chi connectivity index (χ4v) is 3.83. The Labute approximate surface area is 209 Å². The number of carbonyl (C=O) groups is 1. The van der Waals surface area contributed by atoms with Crippen molar-refractivity contribution in [1.29, 1.82) is 0 Å². The molecule has 35 heavy (non-hydrogen) atoms. The molecule has 2 amide bonds. The monoisotopic (exact) mass is 513 g/mol. The molecule has 178 valence electrons. The molecule has 0 radical (unpaired) electrons. The van der Waals surface area contributed by atoms with E-state index in [2.05, 4.69) is 20.7 Å². The van der Waals surface area contributed by atoms with Crippen molar-refractivity contribution in [2.75, 3.05) is 10.6 Å². The second-order valence-corrected chi connectivity index (χ2v) is 8.16. The third-order valence-corrected chi connectivity index (χ3v) is 5.63. The summed E-state index contributed by atoms with van der Waals surface area (Å²) in [6.07, 6.45) is 2.64. The number of phenols is 1. The first-order chi connectivity index (χ1) is 16.8. The first kappa shape index (κ1) is 24.2. The largest absolute Gasteiger partial charge is 0.505 e. The normalized spacial score (nSPS) is 10.7. The van der Waals surface area contributed by atoms with Crippen LogP contribution in [0.4, 0.5) is 20.6 Å². The number of aromatic nitrogens is 3. The third kappa shape index (κ3) is 5.11. The average molecular weight is 514 g/mol. The minimum Gasteiger partial charge on any atom is -0.505 e. The van der Waals surface area contributed by atoms with Gasteiger partial charge in [-0.25, -0.2) is 13.9 Å². The van der Waals surface area contributed by atoms with E-state index in [9.17, 15) is 19.1 Å². The van der Waals surface area contributed by atoms with Crippen molar-refractivity contribution in [3.8, 4) is 28.1 Å². The number of aromatic hydroxyl groups is 1. The lowest BCUT2D eigenvalue weighted by molar-refractivity contribution is 0.262. The van der Waals surface area contributed by atoms with Crippen LogP contribution in [0.5, 0.6) is 5.75 Å². The summed E-state index contributed by atoms with van der Waals surface area (Å²) in [6, 6.07) is 11.8. The summed E-state index contributed by atoms with van der Waals surface area (Å²) < 4.78 is 15.6. The number of nitrogens with one attached hydrogen (secondary N) is 2. The molecule has 0 atom stereocenters. The van der Waals surface area contributed by atoms with Crippen molar-refractivity contribution in [2.24, 2.45) is 0 Å². The van der Waals surface area contributed by atoms with E-state index in [1.165, 1.54) is 35.3 Å². The summed E-state index contributed by atoms with van der Waals surface area (Å²) >= 11 is 12.1. The molecular weight excluding hydrogens is 496 g/mol. The lowest BCUT2D eigenvalue weighted by Gasteiger charge is -2.13. The van der Waals surface area contributed by atoms with Gasteiger partial charge in [-0.1, -0.05) is 53.5 Å². The fraction of sp³-hybridized carbons (Fsp3) is 0.0833. The molecule has 8 nitrogen and oxygen atoms in total. The summed E-state index contributed by atoms with van der Waals surface area (Å²) in [7, 11) is 0. The number of phenolic OH excluding ortho intramolecular Hbond substituents is 1. The van der Waals surface area contributed by atoms with Crippen molar-refractivity contribution >= 4 is 40.6 Å². The molecule has 2 heterocycles. The molecular formula is C24H18Cl2FN5O3. The van der Waals surface area contributed by atoms with Gasteiger partial charge in [0.15, 0.2) is 11.6 Å². The Hall–Kier alpha value is -3.95. The Balaban J connectivity index is 1.70. The maximum atomic E-state index is 14.4. The number of pyridine rings is 1. The first-order valence-corrected chi connectivity index (χ1v) is 11.1. The molecule has 4 aromatic rings. The van der Waals surface area contributed by atoms with Gasteiger partial charge < -0.3 is 15.7 Å². The van der Waals surface area contributed by atoms with Crippen LogP contribution in [-0.2, 0) is 6.54 Å². The van der Waals surface area contributed by atoms with Gasteiger partial charge in [0.2, 0.25) is 0 Å². The van der Waals surface area contributed by atoms with Crippen LogP contribution in [0.25, 0.3) is 22.4 Å². The number of anilines is 2. The number of halogens is 3. The van der Waals surface area contributed by atoms with E-state index in [-0.39, 0.29) is 33.5 Å². The second-order valence-electron chi connectivity index (χ2n) is 7.34. The first-order valence-electron chi connectivity index (χ1n) is 10.4. The van der Waals surface area contributed by atoms with E-state index < -0.39 is 23.2 Å². The number of hydrogen-bond donors (Lipinski definition) is 3. The zero-order chi connectivity index (χ0) is 25.1. The van der Waals surface area contributed by atoms with Crippen LogP contribution in [-0.4, -0.2) is 25.9 Å². The Morgan fingerprint density at radius 2 is 1.74 bits per heavy atom. The topological polar surface area (TPSA) is 109 Å². The second kappa shape index (κ2) is 10.1. The average Bonchev–Trinajstić information content (AvgIpc) is 2.84. The van der Waals surface area contributed by atoms with Gasteiger partial charge in [0.05, 0.1) is 21.4 Å². The van der Waals surface area contributed by atoms with Crippen LogP contribution in [0.2, 0.25) is 10.0 Å². The third-order valence-electron chi connectivity index (χ3n) is 5.06. The van der Waals surface area contributed by atoms with Gasteiger partial charge in [-0.05, 0) is 30.7 Å². The van der Waals surface area contributed by atoms with Gasteiger partial charge >= 0.3 is 6.03 Å². The number of amides is 2. The highest BCUT2D eigenvalue weighted by molar-refractivity contribution is 6.39. The van der Waals surface area contributed by atoms with Crippen LogP contribution >= 0.6 is 23.2 Å². The number of carbonyl (C=O) groups excluding carboxylic acids is 1. The standard InChI is InChI=1S/C24H18Cl2FN5O3/c1-2-32-23(34)19(29-24(35)30-22-16(25)11-28-12-17(22)26)10-18(31-32)14-6-3-5-13(9-14)15-7-4-8-20(33)21(15)27/h3-12,33H,2H2,1H3,(H2,28,29,30,35). The van der Waals surface area contributed by atoms with Crippen molar-refractivity contribution in [3.63, 3.8) is 0 Å². The Morgan fingerprint density at radius 3 is 2.46 bits per heavy atom. The summed E-state index contributed by atoms with van der Waals surface area (Å²) in [5.41, 5.74) is 1.23. The minimum absolute atomic E-state index is 0.0374. The van der Waals surface area contributed by atoms with E-state index in [0.717, 1.165) is 0 Å². The molecule has 0 aliphatic heterocycles. The van der Waals surface area contributed by atoms with Crippen LogP contribution in [0.3, 0.4) is 0 Å². The van der Waals surface area contributed by atoms with Gasteiger partial charge in [0.25, 0.3) is 5.56 Å². The molecule has 0 aliphatic rings. The predicted molar refractivity (Wildman–Crippen MR) is 134 cm³/mol. The molecule has 2 aromatic carbocycles. The van der Waals surface area contributed by atoms with Gasteiger partial charge in [0, 0.05) is 30.1 Å². The number of rotatable bonds is 5. The molecule has 0 unspecified atom stereocenters. The maximum Gasteiger partial charge on any atom is 0.323 e. The molecule has 0 fully saturated rings. The molecule has 11 heteroatoms. The lowest BCUT2D eigenvalue weighted by Crippen LogP contribution is -2.29. The Bertz CT molecular complexity index is 1470. The summed E-state index contributed by atoms with van der Waals surface area (Å²) in [6.45, 7) is 1.98. The highest BCUT2D eigenvalue weighted by Crippen LogP contribution is 2.31.